The van der Waals surface area contributed by atoms with Gasteiger partial charge in [0.25, 0.3) is 0 Å². The van der Waals surface area contributed by atoms with Crippen LogP contribution in [0.1, 0.15) is 5.56 Å². The van der Waals surface area contributed by atoms with Gasteiger partial charge >= 0.3 is 0 Å². The summed E-state index contributed by atoms with van der Waals surface area (Å²) in [5.74, 6) is 0.954. The fraction of sp³-hybridized carbons (Fsp3) is 0.0435. The summed E-state index contributed by atoms with van der Waals surface area (Å²) in [7, 11) is 0. The van der Waals surface area contributed by atoms with Crippen LogP contribution >= 0.6 is 0 Å². The highest BCUT2D eigenvalue weighted by atomic mass is 15.1. The van der Waals surface area contributed by atoms with Crippen LogP contribution in [-0.4, -0.2) is 18.9 Å². The summed E-state index contributed by atoms with van der Waals surface area (Å²) in [4.78, 5) is 8.98. The van der Waals surface area contributed by atoms with Crippen LogP contribution in [0.5, 0.6) is 0 Å². The first-order chi connectivity index (χ1) is 13.8. The lowest BCUT2D eigenvalue weighted by Gasteiger charge is -2.10. The Morgan fingerprint density at radius 2 is 1.68 bits per heavy atom. The van der Waals surface area contributed by atoms with Crippen molar-refractivity contribution in [1.82, 2.24) is 18.9 Å². The second-order valence-electron chi connectivity index (χ2n) is 6.75. The van der Waals surface area contributed by atoms with Crippen LogP contribution in [0.4, 0.5) is 11.5 Å². The van der Waals surface area contributed by atoms with Crippen molar-refractivity contribution in [1.29, 1.82) is 0 Å². The van der Waals surface area contributed by atoms with E-state index in [-0.39, 0.29) is 0 Å². The summed E-state index contributed by atoms with van der Waals surface area (Å²) in [5.41, 5.74) is 6.22. The molecule has 5 aromatic rings. The van der Waals surface area contributed by atoms with E-state index < -0.39 is 0 Å². The van der Waals surface area contributed by atoms with Gasteiger partial charge in [0.2, 0.25) is 0 Å². The Hall–Kier alpha value is -3.86. The van der Waals surface area contributed by atoms with Gasteiger partial charge in [-0.1, -0.05) is 35.9 Å². The first-order valence-corrected chi connectivity index (χ1v) is 9.17. The molecule has 0 atom stereocenters. The molecule has 5 nitrogen and oxygen atoms in total. The number of aromatic nitrogens is 4. The molecular weight excluding hydrogens is 346 g/mol. The number of pyridine rings is 1. The van der Waals surface area contributed by atoms with Crippen molar-refractivity contribution in [3.8, 4) is 16.9 Å². The van der Waals surface area contributed by atoms with E-state index in [0.29, 0.717) is 0 Å². The number of nitrogens with zero attached hydrogens (tertiary/aromatic N) is 4. The van der Waals surface area contributed by atoms with E-state index in [2.05, 4.69) is 70.2 Å². The second-order valence-corrected chi connectivity index (χ2v) is 6.75. The SMILES string of the molecule is Cc1ccc(Nc2c(-c3ccc(-n4ccnc4)cc3)nc3ccccn23)cc1. The van der Waals surface area contributed by atoms with Gasteiger partial charge in [0.1, 0.15) is 17.2 Å². The van der Waals surface area contributed by atoms with Gasteiger partial charge in [-0.15, -0.1) is 0 Å². The predicted molar refractivity (Wildman–Crippen MR) is 112 cm³/mol. The van der Waals surface area contributed by atoms with Gasteiger partial charge in [-0.05, 0) is 43.3 Å². The molecule has 3 heterocycles. The topological polar surface area (TPSA) is 47.2 Å². The Kier molecular flexibility index (Phi) is 3.91. The number of rotatable bonds is 4. The Morgan fingerprint density at radius 3 is 2.43 bits per heavy atom. The van der Waals surface area contributed by atoms with Gasteiger partial charge in [-0.3, -0.25) is 4.40 Å². The van der Waals surface area contributed by atoms with Crippen LogP contribution in [0.2, 0.25) is 0 Å². The summed E-state index contributed by atoms with van der Waals surface area (Å²) >= 11 is 0. The number of aryl methyl sites for hydroxylation is 1. The van der Waals surface area contributed by atoms with Crippen LogP contribution in [-0.2, 0) is 0 Å². The van der Waals surface area contributed by atoms with Crippen LogP contribution in [0, 0.1) is 6.92 Å². The zero-order chi connectivity index (χ0) is 18.9. The van der Waals surface area contributed by atoms with Crippen molar-refractivity contribution >= 4 is 17.2 Å². The lowest BCUT2D eigenvalue weighted by atomic mass is 10.1. The summed E-state index contributed by atoms with van der Waals surface area (Å²) < 4.78 is 4.07. The summed E-state index contributed by atoms with van der Waals surface area (Å²) in [5, 5.41) is 3.55. The van der Waals surface area contributed by atoms with Crippen LogP contribution < -0.4 is 5.32 Å². The summed E-state index contributed by atoms with van der Waals surface area (Å²) in [6, 6.07) is 22.8. The van der Waals surface area contributed by atoms with Crippen molar-refractivity contribution in [3.63, 3.8) is 0 Å². The maximum absolute atomic E-state index is 4.87. The monoisotopic (exact) mass is 365 g/mol. The Bertz CT molecular complexity index is 1220. The van der Waals surface area contributed by atoms with E-state index in [1.165, 1.54) is 5.56 Å². The van der Waals surface area contributed by atoms with Gasteiger partial charge in [-0.2, -0.15) is 0 Å². The average Bonchev–Trinajstić information content (AvgIpc) is 3.39. The first-order valence-electron chi connectivity index (χ1n) is 9.17. The van der Waals surface area contributed by atoms with Crippen LogP contribution in [0.3, 0.4) is 0 Å². The van der Waals surface area contributed by atoms with Gasteiger partial charge < -0.3 is 9.88 Å². The minimum atomic E-state index is 0.908. The van der Waals surface area contributed by atoms with Gasteiger partial charge in [0.15, 0.2) is 0 Å². The predicted octanol–water partition coefficient (Wildman–Crippen LogP) is 5.24. The number of hydrogen-bond acceptors (Lipinski definition) is 3. The Labute approximate surface area is 162 Å². The Balaban J connectivity index is 1.59. The lowest BCUT2D eigenvalue weighted by molar-refractivity contribution is 1.06. The zero-order valence-corrected chi connectivity index (χ0v) is 15.4. The van der Waals surface area contributed by atoms with Crippen molar-refractivity contribution < 1.29 is 0 Å². The number of anilines is 2. The van der Waals surface area contributed by atoms with Crippen molar-refractivity contribution in [2.24, 2.45) is 0 Å². The fourth-order valence-corrected chi connectivity index (χ4v) is 3.29. The van der Waals surface area contributed by atoms with E-state index in [1.807, 2.05) is 35.2 Å². The number of nitrogens with one attached hydrogen (secondary N) is 1. The number of hydrogen-bond donors (Lipinski definition) is 1. The molecule has 3 aromatic heterocycles. The van der Waals surface area contributed by atoms with Crippen LogP contribution in [0.25, 0.3) is 22.6 Å². The normalized spacial score (nSPS) is 11.0. The third-order valence-electron chi connectivity index (χ3n) is 4.79. The van der Waals surface area contributed by atoms with Gasteiger partial charge in [-0.25, -0.2) is 9.97 Å². The largest absolute Gasteiger partial charge is 0.339 e. The molecule has 0 aliphatic carbocycles. The molecule has 1 N–H and O–H groups in total. The molecule has 0 spiro atoms. The van der Waals surface area contributed by atoms with E-state index in [1.54, 1.807) is 12.5 Å². The molecule has 136 valence electrons. The standard InChI is InChI=1S/C23H19N5/c1-17-5-9-19(10-6-17)25-23-22(26-21-4-2-3-14-28(21)23)18-7-11-20(12-8-18)27-15-13-24-16-27/h2-16,25H,1H3. The minimum Gasteiger partial charge on any atom is -0.339 e. The lowest BCUT2D eigenvalue weighted by Crippen LogP contribution is -1.97. The molecule has 0 fully saturated rings. The highest BCUT2D eigenvalue weighted by Gasteiger charge is 2.14. The molecule has 28 heavy (non-hydrogen) atoms. The van der Waals surface area contributed by atoms with E-state index in [0.717, 1.165) is 34.1 Å². The zero-order valence-electron chi connectivity index (χ0n) is 15.4. The van der Waals surface area contributed by atoms with Crippen molar-refractivity contribution in [2.45, 2.75) is 6.92 Å². The van der Waals surface area contributed by atoms with E-state index in [4.69, 9.17) is 4.98 Å². The molecule has 5 heteroatoms. The minimum absolute atomic E-state index is 0.908. The first kappa shape index (κ1) is 16.3. The van der Waals surface area contributed by atoms with Crippen molar-refractivity contribution in [3.05, 3.63) is 97.2 Å². The van der Waals surface area contributed by atoms with Gasteiger partial charge in [0, 0.05) is 35.5 Å². The molecule has 5 rings (SSSR count). The van der Waals surface area contributed by atoms with Crippen LogP contribution in [0.15, 0.2) is 91.6 Å². The van der Waals surface area contributed by atoms with Gasteiger partial charge in [0.05, 0.1) is 6.33 Å². The maximum atomic E-state index is 4.87. The summed E-state index contributed by atoms with van der Waals surface area (Å²) in [6.07, 6.45) is 7.54. The Morgan fingerprint density at radius 1 is 0.857 bits per heavy atom. The molecule has 0 aliphatic heterocycles. The molecule has 0 aliphatic rings. The maximum Gasteiger partial charge on any atom is 0.143 e. The van der Waals surface area contributed by atoms with Crippen molar-refractivity contribution in [2.75, 3.05) is 5.32 Å². The van der Waals surface area contributed by atoms with E-state index in [9.17, 15) is 0 Å². The molecule has 0 amide bonds. The second kappa shape index (κ2) is 6.70. The smallest absolute Gasteiger partial charge is 0.143 e. The molecule has 0 saturated carbocycles. The molecule has 0 saturated heterocycles. The molecule has 0 unspecified atom stereocenters. The van der Waals surface area contributed by atoms with E-state index >= 15 is 0 Å². The highest BCUT2D eigenvalue weighted by molar-refractivity contribution is 5.80. The third kappa shape index (κ3) is 2.93. The average molecular weight is 365 g/mol. The molecule has 2 aromatic carbocycles. The number of benzene rings is 2. The summed E-state index contributed by atoms with van der Waals surface area (Å²) in [6.45, 7) is 2.09. The molecular formula is C23H19N5. The molecule has 0 bridgehead atoms. The molecule has 0 radical (unpaired) electrons. The fourth-order valence-electron chi connectivity index (χ4n) is 3.29. The highest BCUT2D eigenvalue weighted by Crippen LogP contribution is 2.31. The quantitative estimate of drug-likeness (QED) is 0.474. The number of fused-ring (bicyclic) bond motifs is 1. The number of imidazole rings is 2. The third-order valence-corrected chi connectivity index (χ3v) is 4.79.